The number of ketones is 1. The lowest BCUT2D eigenvalue weighted by Gasteiger charge is -2.04. The Bertz CT molecular complexity index is 816. The number of Topliss-reactive ketones (excluding diaryl/α,β-unsaturated/α-hetero) is 1. The number of aromatic nitrogens is 3. The van der Waals surface area contributed by atoms with Crippen LogP contribution in [0.2, 0.25) is 0 Å². The number of benzene rings is 2. The Labute approximate surface area is 147 Å². The van der Waals surface area contributed by atoms with Gasteiger partial charge >= 0.3 is 0 Å². The third-order valence-electron chi connectivity index (χ3n) is 3.37. The summed E-state index contributed by atoms with van der Waals surface area (Å²) in [4.78, 5) is 12.2. The summed E-state index contributed by atoms with van der Waals surface area (Å²) in [5.74, 6) is 1.21. The summed E-state index contributed by atoms with van der Waals surface area (Å²) in [5, 5.41) is 9.15. The second kappa shape index (κ2) is 7.10. The van der Waals surface area contributed by atoms with Gasteiger partial charge in [-0.2, -0.15) is 0 Å². The van der Waals surface area contributed by atoms with E-state index in [4.69, 9.17) is 0 Å². The van der Waals surface area contributed by atoms with Crippen LogP contribution in [0.3, 0.4) is 0 Å². The summed E-state index contributed by atoms with van der Waals surface area (Å²) in [5.41, 5.74) is 1.71. The average molecular weight is 388 g/mol. The second-order valence-corrected chi connectivity index (χ2v) is 6.81. The largest absolute Gasteiger partial charge is 0.305 e. The lowest BCUT2D eigenvalue weighted by Crippen LogP contribution is -2.03. The van der Waals surface area contributed by atoms with E-state index in [1.807, 2.05) is 66.2 Å². The van der Waals surface area contributed by atoms with Crippen LogP contribution < -0.4 is 0 Å². The van der Waals surface area contributed by atoms with E-state index < -0.39 is 0 Å². The van der Waals surface area contributed by atoms with Crippen molar-refractivity contribution in [2.75, 3.05) is 5.75 Å². The van der Waals surface area contributed by atoms with Crippen molar-refractivity contribution in [2.45, 2.75) is 5.16 Å². The molecule has 0 bridgehead atoms. The van der Waals surface area contributed by atoms with Crippen LogP contribution in [0.25, 0.3) is 11.4 Å². The van der Waals surface area contributed by atoms with E-state index in [1.165, 1.54) is 11.8 Å². The number of hydrogen-bond donors (Lipinski definition) is 0. The minimum atomic E-state index is 0.0868. The van der Waals surface area contributed by atoms with E-state index in [-0.39, 0.29) is 5.78 Å². The van der Waals surface area contributed by atoms with Gasteiger partial charge < -0.3 is 4.57 Å². The molecule has 0 unspecified atom stereocenters. The van der Waals surface area contributed by atoms with Gasteiger partial charge in [-0.05, 0) is 12.1 Å². The first-order valence-corrected chi connectivity index (χ1v) is 8.79. The van der Waals surface area contributed by atoms with Crippen molar-refractivity contribution < 1.29 is 4.79 Å². The Morgan fingerprint density at radius 1 is 1.09 bits per heavy atom. The van der Waals surface area contributed by atoms with Gasteiger partial charge in [0.05, 0.1) is 5.75 Å². The molecule has 6 heteroatoms. The SMILES string of the molecule is Cn1c(SCC(=O)c2ccccc2)nnc1-c1ccc(Br)cc1. The molecular formula is C17H14BrN3OS. The zero-order chi connectivity index (χ0) is 16.2. The van der Waals surface area contributed by atoms with E-state index in [0.717, 1.165) is 26.6 Å². The Hall–Kier alpha value is -1.92. The molecule has 3 aromatic rings. The molecule has 0 radical (unpaired) electrons. The molecule has 0 amide bonds. The van der Waals surface area contributed by atoms with Crippen LogP contribution in [0, 0.1) is 0 Å². The van der Waals surface area contributed by atoms with Gasteiger partial charge in [0.1, 0.15) is 0 Å². The van der Waals surface area contributed by atoms with Gasteiger partial charge in [-0.3, -0.25) is 4.79 Å². The molecule has 0 saturated carbocycles. The van der Waals surface area contributed by atoms with E-state index in [2.05, 4.69) is 26.1 Å². The molecule has 0 aliphatic heterocycles. The van der Waals surface area contributed by atoms with E-state index >= 15 is 0 Å². The Kier molecular flexibility index (Phi) is 4.93. The first kappa shape index (κ1) is 16.0. The standard InChI is InChI=1S/C17H14BrN3OS/c1-21-16(13-7-9-14(18)10-8-13)19-20-17(21)23-11-15(22)12-5-3-2-4-6-12/h2-10H,11H2,1H3. The molecule has 4 nitrogen and oxygen atoms in total. The normalized spacial score (nSPS) is 10.7. The number of carbonyl (C=O) groups excluding carboxylic acids is 1. The average Bonchev–Trinajstić information content (AvgIpc) is 2.95. The highest BCUT2D eigenvalue weighted by Crippen LogP contribution is 2.24. The third-order valence-corrected chi connectivity index (χ3v) is 4.91. The van der Waals surface area contributed by atoms with Gasteiger partial charge in [-0.1, -0.05) is 70.2 Å². The third kappa shape index (κ3) is 3.71. The molecule has 0 spiro atoms. The van der Waals surface area contributed by atoms with Crippen LogP contribution in [-0.4, -0.2) is 26.3 Å². The van der Waals surface area contributed by atoms with E-state index in [1.54, 1.807) is 0 Å². The predicted octanol–water partition coefficient (Wildman–Crippen LogP) is 4.22. The zero-order valence-electron chi connectivity index (χ0n) is 12.4. The predicted molar refractivity (Wildman–Crippen MR) is 95.6 cm³/mol. The molecule has 0 aliphatic carbocycles. The lowest BCUT2D eigenvalue weighted by atomic mass is 10.2. The lowest BCUT2D eigenvalue weighted by molar-refractivity contribution is 0.102. The van der Waals surface area contributed by atoms with Gasteiger partial charge in [0.15, 0.2) is 16.8 Å². The number of hydrogen-bond acceptors (Lipinski definition) is 4. The molecule has 0 aliphatic rings. The van der Waals surface area contributed by atoms with Gasteiger partial charge in [0, 0.05) is 22.6 Å². The maximum atomic E-state index is 12.2. The number of rotatable bonds is 5. The highest BCUT2D eigenvalue weighted by Gasteiger charge is 2.13. The van der Waals surface area contributed by atoms with Crippen molar-refractivity contribution in [3.05, 3.63) is 64.6 Å². The molecule has 1 aromatic heterocycles. The summed E-state index contributed by atoms with van der Waals surface area (Å²) in [6, 6.07) is 17.2. The van der Waals surface area contributed by atoms with Crippen LogP contribution in [0.15, 0.2) is 64.2 Å². The van der Waals surface area contributed by atoms with Crippen LogP contribution >= 0.6 is 27.7 Å². The van der Waals surface area contributed by atoms with Crippen LogP contribution in [-0.2, 0) is 7.05 Å². The van der Waals surface area contributed by atoms with Gasteiger partial charge in [0.25, 0.3) is 0 Å². The molecule has 3 rings (SSSR count). The summed E-state index contributed by atoms with van der Waals surface area (Å²) >= 11 is 4.82. The first-order chi connectivity index (χ1) is 11.1. The van der Waals surface area contributed by atoms with Crippen molar-refractivity contribution in [3.63, 3.8) is 0 Å². The molecular weight excluding hydrogens is 374 g/mol. The van der Waals surface area contributed by atoms with Gasteiger partial charge in [0.2, 0.25) is 0 Å². The molecule has 23 heavy (non-hydrogen) atoms. The van der Waals surface area contributed by atoms with Crippen LogP contribution in [0.1, 0.15) is 10.4 Å². The number of nitrogens with zero attached hydrogens (tertiary/aromatic N) is 3. The van der Waals surface area contributed by atoms with E-state index in [9.17, 15) is 4.79 Å². The van der Waals surface area contributed by atoms with Crippen LogP contribution in [0.4, 0.5) is 0 Å². The quantitative estimate of drug-likeness (QED) is 0.485. The van der Waals surface area contributed by atoms with E-state index in [0.29, 0.717) is 5.75 Å². The first-order valence-electron chi connectivity index (χ1n) is 7.01. The molecule has 0 fully saturated rings. The van der Waals surface area contributed by atoms with Crippen LogP contribution in [0.5, 0.6) is 0 Å². The second-order valence-electron chi connectivity index (χ2n) is 4.95. The Morgan fingerprint density at radius 2 is 1.78 bits per heavy atom. The fourth-order valence-electron chi connectivity index (χ4n) is 2.13. The molecule has 0 N–H and O–H groups in total. The Balaban J connectivity index is 1.72. The Morgan fingerprint density at radius 3 is 2.48 bits per heavy atom. The molecule has 2 aromatic carbocycles. The molecule has 0 saturated heterocycles. The van der Waals surface area contributed by atoms with Gasteiger partial charge in [-0.15, -0.1) is 10.2 Å². The highest BCUT2D eigenvalue weighted by atomic mass is 79.9. The minimum Gasteiger partial charge on any atom is -0.305 e. The maximum Gasteiger partial charge on any atom is 0.191 e. The van der Waals surface area contributed by atoms with Crippen molar-refractivity contribution in [1.29, 1.82) is 0 Å². The van der Waals surface area contributed by atoms with Crippen molar-refractivity contribution in [1.82, 2.24) is 14.8 Å². The maximum absolute atomic E-state index is 12.2. The van der Waals surface area contributed by atoms with Gasteiger partial charge in [-0.25, -0.2) is 0 Å². The monoisotopic (exact) mass is 387 g/mol. The number of halogens is 1. The fourth-order valence-corrected chi connectivity index (χ4v) is 3.20. The summed E-state index contributed by atoms with van der Waals surface area (Å²) in [7, 11) is 1.91. The fraction of sp³-hybridized carbons (Fsp3) is 0.118. The summed E-state index contributed by atoms with van der Waals surface area (Å²) in [6.45, 7) is 0. The molecule has 1 heterocycles. The zero-order valence-corrected chi connectivity index (χ0v) is 14.8. The van der Waals surface area contributed by atoms with Crippen molar-refractivity contribution in [2.24, 2.45) is 7.05 Å². The summed E-state index contributed by atoms with van der Waals surface area (Å²) in [6.07, 6.45) is 0. The smallest absolute Gasteiger partial charge is 0.191 e. The number of carbonyl (C=O) groups is 1. The molecule has 0 atom stereocenters. The minimum absolute atomic E-state index is 0.0868. The topological polar surface area (TPSA) is 47.8 Å². The van der Waals surface area contributed by atoms with Crippen molar-refractivity contribution >= 4 is 33.5 Å². The number of thioether (sulfide) groups is 1. The highest BCUT2D eigenvalue weighted by molar-refractivity contribution is 9.10. The summed E-state index contributed by atoms with van der Waals surface area (Å²) < 4.78 is 2.93. The van der Waals surface area contributed by atoms with Crippen molar-refractivity contribution in [3.8, 4) is 11.4 Å². The molecule has 116 valence electrons.